The molecule has 7 heteroatoms. The third kappa shape index (κ3) is 5.53. The third-order valence-electron chi connectivity index (χ3n) is 7.14. The lowest BCUT2D eigenvalue weighted by Gasteiger charge is -2.40. The maximum Gasteiger partial charge on any atom is 0.234 e. The molecule has 3 amide bonds. The van der Waals surface area contributed by atoms with E-state index in [0.717, 1.165) is 49.3 Å². The number of anilines is 2. The van der Waals surface area contributed by atoms with Gasteiger partial charge in [-0.05, 0) is 75.4 Å². The molecule has 1 fully saturated rings. The Hall–Kier alpha value is -2.86. The summed E-state index contributed by atoms with van der Waals surface area (Å²) >= 11 is 6.04. The quantitative estimate of drug-likeness (QED) is 0.539. The highest BCUT2D eigenvalue weighted by atomic mass is 35.5. The van der Waals surface area contributed by atoms with Crippen LogP contribution in [0.15, 0.2) is 48.5 Å². The SMILES string of the molecule is CCN(C(=O)[C@H]1C[C@H](C)N(C(=O)CCC(=O)N2CCCCC2)c2ccccc21)c1ccc(Cl)cc1. The molecule has 0 aromatic heterocycles. The summed E-state index contributed by atoms with van der Waals surface area (Å²) < 4.78 is 0. The molecular formula is C28H34ClN3O3. The third-order valence-corrected chi connectivity index (χ3v) is 7.39. The summed E-state index contributed by atoms with van der Waals surface area (Å²) in [6, 6.07) is 14.8. The second-order valence-corrected chi connectivity index (χ2v) is 9.90. The fourth-order valence-corrected chi connectivity index (χ4v) is 5.46. The summed E-state index contributed by atoms with van der Waals surface area (Å²) in [5, 5.41) is 0.627. The zero-order valence-corrected chi connectivity index (χ0v) is 21.3. The van der Waals surface area contributed by atoms with Crippen LogP contribution in [0.2, 0.25) is 5.02 Å². The standard InChI is InChI=1S/C28H34ClN3O3/c1-3-31(22-13-11-21(29)12-14-22)28(35)24-19-20(2)32(25-10-6-5-9-23(24)25)27(34)16-15-26(33)30-17-7-4-8-18-30/h5-6,9-14,20,24H,3-4,7-8,15-19H2,1-2H3/t20-,24-/m0/s1. The van der Waals surface area contributed by atoms with Crippen LogP contribution in [0, 0.1) is 0 Å². The Morgan fingerprint density at radius 1 is 0.943 bits per heavy atom. The topological polar surface area (TPSA) is 60.9 Å². The number of carbonyl (C=O) groups excluding carboxylic acids is 3. The van der Waals surface area contributed by atoms with E-state index in [0.29, 0.717) is 18.0 Å². The van der Waals surface area contributed by atoms with Gasteiger partial charge < -0.3 is 14.7 Å². The highest BCUT2D eigenvalue weighted by Crippen LogP contribution is 2.40. The van der Waals surface area contributed by atoms with Crippen molar-refractivity contribution in [3.8, 4) is 0 Å². The molecule has 0 saturated carbocycles. The van der Waals surface area contributed by atoms with E-state index < -0.39 is 0 Å². The van der Waals surface area contributed by atoms with Crippen molar-refractivity contribution in [3.63, 3.8) is 0 Å². The molecule has 0 bridgehead atoms. The summed E-state index contributed by atoms with van der Waals surface area (Å²) in [6.45, 7) is 6.07. The van der Waals surface area contributed by atoms with Gasteiger partial charge in [0.15, 0.2) is 0 Å². The van der Waals surface area contributed by atoms with E-state index in [1.165, 1.54) is 0 Å². The Kier molecular flexibility index (Phi) is 8.11. The van der Waals surface area contributed by atoms with E-state index in [-0.39, 0.29) is 42.5 Å². The predicted octanol–water partition coefficient (Wildman–Crippen LogP) is 5.39. The van der Waals surface area contributed by atoms with Crippen molar-refractivity contribution in [2.45, 2.75) is 64.3 Å². The number of amides is 3. The van der Waals surface area contributed by atoms with Gasteiger partial charge in [-0.3, -0.25) is 14.4 Å². The monoisotopic (exact) mass is 495 g/mol. The predicted molar refractivity (Wildman–Crippen MR) is 140 cm³/mol. The normalized spacial score (nSPS) is 19.7. The van der Waals surface area contributed by atoms with Gasteiger partial charge in [-0.15, -0.1) is 0 Å². The first kappa shape index (κ1) is 25.2. The smallest absolute Gasteiger partial charge is 0.234 e. The van der Waals surface area contributed by atoms with Gasteiger partial charge in [0.1, 0.15) is 0 Å². The molecule has 0 N–H and O–H groups in total. The van der Waals surface area contributed by atoms with Gasteiger partial charge in [-0.1, -0.05) is 29.8 Å². The number of carbonyl (C=O) groups is 3. The lowest BCUT2D eigenvalue weighted by Crippen LogP contribution is -2.47. The Bertz CT molecular complexity index is 1070. The van der Waals surface area contributed by atoms with E-state index in [2.05, 4.69) is 0 Å². The first-order valence-corrected chi connectivity index (χ1v) is 13.0. The van der Waals surface area contributed by atoms with Gasteiger partial charge in [0, 0.05) is 54.9 Å². The number of fused-ring (bicyclic) bond motifs is 1. The molecule has 186 valence electrons. The number of piperidine rings is 1. The summed E-state index contributed by atoms with van der Waals surface area (Å²) in [5.74, 6) is -0.339. The van der Waals surface area contributed by atoms with Crippen LogP contribution in [-0.4, -0.2) is 48.3 Å². The van der Waals surface area contributed by atoms with Gasteiger partial charge in [-0.2, -0.15) is 0 Å². The van der Waals surface area contributed by atoms with Gasteiger partial charge in [0.05, 0.1) is 5.92 Å². The minimum Gasteiger partial charge on any atom is -0.343 e. The number of nitrogens with zero attached hydrogens (tertiary/aromatic N) is 3. The second kappa shape index (κ2) is 11.3. The molecule has 2 heterocycles. The van der Waals surface area contributed by atoms with Crippen LogP contribution in [0.1, 0.15) is 63.9 Å². The average molecular weight is 496 g/mol. The molecule has 0 aliphatic carbocycles. The first-order chi connectivity index (χ1) is 16.9. The lowest BCUT2D eigenvalue weighted by atomic mass is 9.84. The number of hydrogen-bond donors (Lipinski definition) is 0. The van der Waals surface area contributed by atoms with Crippen molar-refractivity contribution in [2.24, 2.45) is 0 Å². The van der Waals surface area contributed by atoms with E-state index in [1.807, 2.05) is 55.1 Å². The van der Waals surface area contributed by atoms with E-state index >= 15 is 0 Å². The number of likely N-dealkylation sites (tertiary alicyclic amines) is 1. The molecule has 0 unspecified atom stereocenters. The van der Waals surface area contributed by atoms with Crippen LogP contribution < -0.4 is 9.80 Å². The zero-order chi connectivity index (χ0) is 24.9. The zero-order valence-electron chi connectivity index (χ0n) is 20.6. The molecule has 4 rings (SSSR count). The molecule has 2 aliphatic heterocycles. The highest BCUT2D eigenvalue weighted by Gasteiger charge is 2.38. The van der Waals surface area contributed by atoms with Gasteiger partial charge >= 0.3 is 0 Å². The molecule has 1 saturated heterocycles. The van der Waals surface area contributed by atoms with Crippen LogP contribution >= 0.6 is 11.6 Å². The summed E-state index contributed by atoms with van der Waals surface area (Å²) in [4.78, 5) is 45.1. The van der Waals surface area contributed by atoms with E-state index in [1.54, 1.807) is 21.9 Å². The fourth-order valence-electron chi connectivity index (χ4n) is 5.34. The Labute approximate surface area is 212 Å². The summed E-state index contributed by atoms with van der Waals surface area (Å²) in [6.07, 6.45) is 4.18. The summed E-state index contributed by atoms with van der Waals surface area (Å²) in [5.41, 5.74) is 2.44. The van der Waals surface area contributed by atoms with Crippen molar-refractivity contribution in [1.29, 1.82) is 0 Å². The maximum atomic E-state index is 13.7. The van der Waals surface area contributed by atoms with Gasteiger partial charge in [0.2, 0.25) is 17.7 Å². The largest absolute Gasteiger partial charge is 0.343 e. The number of para-hydroxylation sites is 1. The van der Waals surface area contributed by atoms with Gasteiger partial charge in [-0.25, -0.2) is 0 Å². The first-order valence-electron chi connectivity index (χ1n) is 12.7. The maximum absolute atomic E-state index is 13.7. The molecule has 2 atom stereocenters. The number of halogens is 1. The molecule has 0 radical (unpaired) electrons. The Morgan fingerprint density at radius 3 is 2.29 bits per heavy atom. The van der Waals surface area contributed by atoms with Crippen LogP contribution in [0.25, 0.3) is 0 Å². The molecule has 2 aliphatic rings. The minimum absolute atomic E-state index is 0.0153. The van der Waals surface area contributed by atoms with Crippen molar-refractivity contribution in [3.05, 3.63) is 59.1 Å². The molecular weight excluding hydrogens is 462 g/mol. The number of hydrogen-bond acceptors (Lipinski definition) is 3. The Morgan fingerprint density at radius 2 is 1.60 bits per heavy atom. The van der Waals surface area contributed by atoms with Crippen molar-refractivity contribution in [1.82, 2.24) is 4.90 Å². The van der Waals surface area contributed by atoms with Crippen LogP contribution in [0.5, 0.6) is 0 Å². The van der Waals surface area contributed by atoms with Crippen molar-refractivity contribution in [2.75, 3.05) is 29.4 Å². The molecule has 6 nitrogen and oxygen atoms in total. The van der Waals surface area contributed by atoms with Crippen LogP contribution in [0.3, 0.4) is 0 Å². The van der Waals surface area contributed by atoms with E-state index in [9.17, 15) is 14.4 Å². The number of benzene rings is 2. The molecule has 2 aromatic carbocycles. The van der Waals surface area contributed by atoms with Crippen molar-refractivity contribution < 1.29 is 14.4 Å². The van der Waals surface area contributed by atoms with Gasteiger partial charge in [0.25, 0.3) is 0 Å². The minimum atomic E-state index is -0.351. The second-order valence-electron chi connectivity index (χ2n) is 9.46. The fraction of sp³-hybridized carbons (Fsp3) is 0.464. The lowest BCUT2D eigenvalue weighted by molar-refractivity contribution is -0.134. The Balaban J connectivity index is 1.52. The van der Waals surface area contributed by atoms with Crippen LogP contribution in [0.4, 0.5) is 11.4 Å². The number of likely N-dealkylation sites (N-methyl/N-ethyl adjacent to an activating group) is 1. The summed E-state index contributed by atoms with van der Waals surface area (Å²) in [7, 11) is 0. The highest BCUT2D eigenvalue weighted by molar-refractivity contribution is 6.30. The molecule has 35 heavy (non-hydrogen) atoms. The average Bonchev–Trinajstić information content (AvgIpc) is 2.88. The van der Waals surface area contributed by atoms with E-state index in [4.69, 9.17) is 11.6 Å². The molecule has 2 aromatic rings. The number of rotatable bonds is 6. The van der Waals surface area contributed by atoms with Crippen LogP contribution in [-0.2, 0) is 14.4 Å². The molecule has 0 spiro atoms. The van der Waals surface area contributed by atoms with Crippen molar-refractivity contribution >= 4 is 40.7 Å².